The first-order valence-electron chi connectivity index (χ1n) is 4.16. The summed E-state index contributed by atoms with van der Waals surface area (Å²) < 4.78 is 1.79. The molecule has 0 aliphatic rings. The summed E-state index contributed by atoms with van der Waals surface area (Å²) in [6.45, 7) is 0. The molecule has 84 valence electrons. The molecule has 0 fully saturated rings. The van der Waals surface area contributed by atoms with E-state index in [2.05, 4.69) is 25.6 Å². The van der Waals surface area contributed by atoms with Gasteiger partial charge in [-0.05, 0) is 18.0 Å². The minimum Gasteiger partial charge on any atom is -0.308 e. The number of thioether (sulfide) groups is 1. The van der Waals surface area contributed by atoms with E-state index in [0.29, 0.717) is 5.82 Å². The first kappa shape index (κ1) is 11.6. The zero-order valence-corrected chi connectivity index (χ0v) is 10.7. The highest BCUT2D eigenvalue weighted by molar-refractivity contribution is 8.02. The number of hydrogen-bond donors (Lipinski definition) is 2. The number of hydrazine groups is 1. The maximum atomic E-state index is 5.26. The van der Waals surface area contributed by atoms with Crippen LogP contribution in [0.3, 0.4) is 0 Å². The smallest absolute Gasteiger partial charge is 0.181 e. The number of nitrogens with two attached hydrogens (primary N) is 1. The van der Waals surface area contributed by atoms with Gasteiger partial charge in [-0.2, -0.15) is 0 Å². The molecule has 16 heavy (non-hydrogen) atoms. The first-order chi connectivity index (χ1) is 7.81. The first-order valence-corrected chi connectivity index (χ1v) is 7.01. The van der Waals surface area contributed by atoms with Crippen molar-refractivity contribution in [2.45, 2.75) is 13.7 Å². The molecule has 0 spiro atoms. The molecule has 0 saturated carbocycles. The molecule has 0 bridgehead atoms. The summed E-state index contributed by atoms with van der Waals surface area (Å²) in [6, 6.07) is 1.75. The highest BCUT2D eigenvalue weighted by Crippen LogP contribution is 2.31. The summed E-state index contributed by atoms with van der Waals surface area (Å²) in [5, 5.41) is 8.82. The zero-order valence-electron chi connectivity index (χ0n) is 8.25. The van der Waals surface area contributed by atoms with E-state index in [4.69, 9.17) is 5.84 Å². The molecule has 0 aromatic carbocycles. The number of nitrogen functional groups attached to an aromatic ring is 1. The Morgan fingerprint density at radius 2 is 2.12 bits per heavy atom. The van der Waals surface area contributed by atoms with Crippen molar-refractivity contribution in [1.82, 2.24) is 20.2 Å². The van der Waals surface area contributed by atoms with Crippen molar-refractivity contribution in [1.29, 1.82) is 0 Å². The van der Waals surface area contributed by atoms with E-state index in [1.807, 2.05) is 6.26 Å². The molecule has 2 heterocycles. The van der Waals surface area contributed by atoms with Crippen molar-refractivity contribution in [2.75, 3.05) is 11.7 Å². The number of nitrogens with one attached hydrogen (secondary N) is 1. The Bertz CT molecular complexity index is 473. The molecule has 2 aromatic heterocycles. The largest absolute Gasteiger partial charge is 0.308 e. The molecular weight excluding hydrogens is 264 g/mol. The predicted octanol–water partition coefficient (Wildman–Crippen LogP) is 1.49. The molecule has 0 aliphatic carbocycles. The van der Waals surface area contributed by atoms with Crippen LogP contribution in [-0.4, -0.2) is 26.4 Å². The summed E-state index contributed by atoms with van der Waals surface area (Å²) in [6.07, 6.45) is 3.42. The van der Waals surface area contributed by atoms with Crippen molar-refractivity contribution in [3.63, 3.8) is 0 Å². The van der Waals surface area contributed by atoms with Crippen LogP contribution in [0.1, 0.15) is 0 Å². The SMILES string of the molecule is CSc1nnc(Sc2cc(NN)ncn2)s1. The molecular formula is C7H8N6S3. The number of nitrogens with zero attached hydrogens (tertiary/aromatic N) is 4. The van der Waals surface area contributed by atoms with E-state index >= 15 is 0 Å². The summed E-state index contributed by atoms with van der Waals surface area (Å²) in [4.78, 5) is 8.03. The standard InChI is InChI=1S/C7H8N6S3/c1-14-6-12-13-7(16-6)15-5-2-4(11-8)9-3-10-5/h2-3H,8H2,1H3,(H,9,10,11). The fraction of sp³-hybridized carbons (Fsp3) is 0.143. The van der Waals surface area contributed by atoms with Crippen molar-refractivity contribution in [3.05, 3.63) is 12.4 Å². The monoisotopic (exact) mass is 272 g/mol. The van der Waals surface area contributed by atoms with Gasteiger partial charge in [0.15, 0.2) is 8.68 Å². The maximum Gasteiger partial charge on any atom is 0.181 e. The summed E-state index contributed by atoms with van der Waals surface area (Å²) in [5.74, 6) is 5.84. The van der Waals surface area contributed by atoms with Crippen LogP contribution in [0.25, 0.3) is 0 Å². The Labute approximate surface area is 104 Å². The van der Waals surface area contributed by atoms with E-state index in [-0.39, 0.29) is 0 Å². The molecule has 0 atom stereocenters. The molecule has 0 unspecified atom stereocenters. The van der Waals surface area contributed by atoms with Gasteiger partial charge in [-0.25, -0.2) is 15.8 Å². The third-order valence-electron chi connectivity index (χ3n) is 1.54. The van der Waals surface area contributed by atoms with Crippen LogP contribution >= 0.6 is 34.9 Å². The van der Waals surface area contributed by atoms with Gasteiger partial charge in [0.05, 0.1) is 0 Å². The highest BCUT2D eigenvalue weighted by atomic mass is 32.2. The van der Waals surface area contributed by atoms with Gasteiger partial charge in [0.25, 0.3) is 0 Å². The lowest BCUT2D eigenvalue weighted by Gasteiger charge is -1.99. The molecule has 2 rings (SSSR count). The van der Waals surface area contributed by atoms with Crippen LogP contribution < -0.4 is 11.3 Å². The second-order valence-electron chi connectivity index (χ2n) is 2.53. The van der Waals surface area contributed by atoms with E-state index in [1.54, 1.807) is 17.8 Å². The van der Waals surface area contributed by atoms with E-state index in [9.17, 15) is 0 Å². The second kappa shape index (κ2) is 5.43. The van der Waals surface area contributed by atoms with Gasteiger partial charge in [-0.15, -0.1) is 10.2 Å². The Morgan fingerprint density at radius 1 is 1.31 bits per heavy atom. The van der Waals surface area contributed by atoms with Crippen molar-refractivity contribution in [3.8, 4) is 0 Å². The highest BCUT2D eigenvalue weighted by Gasteiger charge is 2.06. The van der Waals surface area contributed by atoms with Crippen LogP contribution in [0.4, 0.5) is 5.82 Å². The molecule has 9 heteroatoms. The van der Waals surface area contributed by atoms with Crippen molar-refractivity contribution in [2.24, 2.45) is 5.84 Å². The van der Waals surface area contributed by atoms with Crippen LogP contribution in [0.2, 0.25) is 0 Å². The van der Waals surface area contributed by atoms with Crippen molar-refractivity contribution >= 4 is 40.7 Å². The lowest BCUT2D eigenvalue weighted by molar-refractivity contribution is 0.951. The van der Waals surface area contributed by atoms with E-state index < -0.39 is 0 Å². The molecule has 0 amide bonds. The Hall–Kier alpha value is -0.900. The maximum absolute atomic E-state index is 5.26. The average molecular weight is 272 g/mol. The molecule has 6 nitrogen and oxygen atoms in total. The molecule has 0 saturated heterocycles. The third kappa shape index (κ3) is 2.82. The molecule has 3 N–H and O–H groups in total. The fourth-order valence-corrected chi connectivity index (χ4v) is 3.24. The number of hydrogen-bond acceptors (Lipinski definition) is 9. The minimum absolute atomic E-state index is 0.576. The predicted molar refractivity (Wildman–Crippen MR) is 65.7 cm³/mol. The summed E-state index contributed by atoms with van der Waals surface area (Å²) >= 11 is 4.55. The minimum atomic E-state index is 0.576. The van der Waals surface area contributed by atoms with Crippen LogP contribution in [-0.2, 0) is 0 Å². The third-order valence-corrected chi connectivity index (χ3v) is 4.43. The molecule has 2 aromatic rings. The number of rotatable bonds is 4. The van der Waals surface area contributed by atoms with Gasteiger partial charge < -0.3 is 5.43 Å². The molecule has 0 aliphatic heterocycles. The van der Waals surface area contributed by atoms with Crippen LogP contribution in [0.5, 0.6) is 0 Å². The topological polar surface area (TPSA) is 89.6 Å². The van der Waals surface area contributed by atoms with Gasteiger partial charge >= 0.3 is 0 Å². The quantitative estimate of drug-likeness (QED) is 0.374. The van der Waals surface area contributed by atoms with Gasteiger partial charge in [0.2, 0.25) is 0 Å². The summed E-state index contributed by atoms with van der Waals surface area (Å²) in [5.41, 5.74) is 2.47. The Kier molecular flexibility index (Phi) is 3.93. The lowest BCUT2D eigenvalue weighted by atomic mass is 10.6. The van der Waals surface area contributed by atoms with E-state index in [0.717, 1.165) is 13.7 Å². The normalized spacial score (nSPS) is 10.4. The average Bonchev–Trinajstić information content (AvgIpc) is 2.77. The zero-order chi connectivity index (χ0) is 11.4. The van der Waals surface area contributed by atoms with E-state index in [1.165, 1.54) is 29.4 Å². The van der Waals surface area contributed by atoms with Crippen molar-refractivity contribution < 1.29 is 0 Å². The molecule has 0 radical (unpaired) electrons. The number of aromatic nitrogens is 4. The van der Waals surface area contributed by atoms with Gasteiger partial charge in [0.1, 0.15) is 17.2 Å². The van der Waals surface area contributed by atoms with Gasteiger partial charge in [-0.1, -0.05) is 23.1 Å². The Morgan fingerprint density at radius 3 is 2.81 bits per heavy atom. The second-order valence-corrected chi connectivity index (χ2v) is 5.82. The fourth-order valence-electron chi connectivity index (χ4n) is 0.885. The van der Waals surface area contributed by atoms with Gasteiger partial charge in [-0.3, -0.25) is 0 Å². The van der Waals surface area contributed by atoms with Gasteiger partial charge in [0, 0.05) is 6.07 Å². The number of anilines is 1. The lowest BCUT2D eigenvalue weighted by Crippen LogP contribution is -2.08. The Balaban J connectivity index is 2.13. The summed E-state index contributed by atoms with van der Waals surface area (Å²) in [7, 11) is 0. The van der Waals surface area contributed by atoms with Crippen LogP contribution in [0, 0.1) is 0 Å². The van der Waals surface area contributed by atoms with Crippen LogP contribution in [0.15, 0.2) is 26.1 Å².